The third-order valence-corrected chi connectivity index (χ3v) is 6.76. The van der Waals surface area contributed by atoms with Crippen LogP contribution in [0.5, 0.6) is 11.6 Å². The highest BCUT2D eigenvalue weighted by atomic mass is 35.5. The van der Waals surface area contributed by atoms with Crippen molar-refractivity contribution >= 4 is 23.4 Å². The number of aliphatic hydroxyl groups excluding tert-OH is 1. The Balaban J connectivity index is 1.61. The van der Waals surface area contributed by atoms with Gasteiger partial charge in [0, 0.05) is 40.1 Å². The summed E-state index contributed by atoms with van der Waals surface area (Å²) in [5, 5.41) is 11.1. The summed E-state index contributed by atoms with van der Waals surface area (Å²) >= 11 is 7.62. The minimum Gasteiger partial charge on any atom is -0.436 e. The summed E-state index contributed by atoms with van der Waals surface area (Å²) < 4.78 is 20.5. The van der Waals surface area contributed by atoms with Gasteiger partial charge in [0.1, 0.15) is 10.8 Å². The van der Waals surface area contributed by atoms with Gasteiger partial charge in [0.05, 0.1) is 17.9 Å². The number of aliphatic hydroxyl groups is 1. The van der Waals surface area contributed by atoms with E-state index in [0.717, 1.165) is 22.4 Å². The number of thioether (sulfide) groups is 1. The number of halogens is 2. The minimum atomic E-state index is -0.256. The van der Waals surface area contributed by atoms with Gasteiger partial charge >= 0.3 is 0 Å². The van der Waals surface area contributed by atoms with E-state index in [1.807, 2.05) is 25.1 Å². The molecule has 8 heteroatoms. The molecule has 2 aromatic carbocycles. The molecule has 33 heavy (non-hydrogen) atoms. The van der Waals surface area contributed by atoms with Gasteiger partial charge in [-0.15, -0.1) is 11.8 Å². The van der Waals surface area contributed by atoms with Crippen molar-refractivity contribution in [2.24, 2.45) is 0 Å². The zero-order chi connectivity index (χ0) is 22.9. The van der Waals surface area contributed by atoms with E-state index in [1.165, 1.54) is 17.8 Å². The van der Waals surface area contributed by atoms with Gasteiger partial charge in [0.15, 0.2) is 11.6 Å². The van der Waals surface area contributed by atoms with Crippen LogP contribution < -0.4 is 4.74 Å². The second-order valence-electron chi connectivity index (χ2n) is 7.64. The summed E-state index contributed by atoms with van der Waals surface area (Å²) in [5.74, 6) is 1.66. The topological polar surface area (TPSA) is 68.1 Å². The fraction of sp³-hybridized carbons (Fsp3) is 0.160. The number of pyridine rings is 1. The zero-order valence-electron chi connectivity index (χ0n) is 17.7. The van der Waals surface area contributed by atoms with Crippen LogP contribution in [0.3, 0.4) is 0 Å². The number of benzene rings is 2. The highest BCUT2D eigenvalue weighted by Crippen LogP contribution is 2.43. The highest BCUT2D eigenvalue weighted by Gasteiger charge is 2.28. The first-order valence-electron chi connectivity index (χ1n) is 10.3. The van der Waals surface area contributed by atoms with Gasteiger partial charge in [0.25, 0.3) is 0 Å². The zero-order valence-corrected chi connectivity index (χ0v) is 19.3. The molecule has 2 aromatic heterocycles. The van der Waals surface area contributed by atoms with Gasteiger partial charge in [-0.2, -0.15) is 4.98 Å². The van der Waals surface area contributed by atoms with Crippen LogP contribution in [0.4, 0.5) is 4.39 Å². The van der Waals surface area contributed by atoms with Crippen LogP contribution in [0.2, 0.25) is 5.02 Å². The Bertz CT molecular complexity index is 1370. The molecule has 5 nitrogen and oxygen atoms in total. The lowest BCUT2D eigenvalue weighted by molar-refractivity contribution is 0.278. The van der Waals surface area contributed by atoms with Gasteiger partial charge in [0.2, 0.25) is 5.88 Å². The number of ether oxygens (including phenoxy) is 1. The van der Waals surface area contributed by atoms with E-state index in [0.29, 0.717) is 50.8 Å². The maximum atomic E-state index is 14.2. The molecule has 0 radical (unpaired) electrons. The molecule has 1 aliphatic heterocycles. The summed E-state index contributed by atoms with van der Waals surface area (Å²) in [7, 11) is 0. The van der Waals surface area contributed by atoms with Gasteiger partial charge in [-0.25, -0.2) is 9.37 Å². The third-order valence-electron chi connectivity index (χ3n) is 5.46. The second kappa shape index (κ2) is 9.09. The number of nitrogens with zero attached hydrogens (tertiary/aromatic N) is 3. The van der Waals surface area contributed by atoms with Crippen molar-refractivity contribution in [2.75, 3.05) is 0 Å². The van der Waals surface area contributed by atoms with Crippen molar-refractivity contribution in [1.29, 1.82) is 0 Å². The van der Waals surface area contributed by atoms with E-state index in [-0.39, 0.29) is 12.4 Å². The monoisotopic (exact) mass is 479 g/mol. The molecule has 3 heterocycles. The third kappa shape index (κ3) is 4.31. The second-order valence-corrected chi connectivity index (χ2v) is 9.04. The molecule has 1 aliphatic rings. The van der Waals surface area contributed by atoms with Gasteiger partial charge in [-0.1, -0.05) is 41.9 Å². The summed E-state index contributed by atoms with van der Waals surface area (Å²) in [6.45, 7) is 1.71. The van der Waals surface area contributed by atoms with Crippen LogP contribution in [0.1, 0.15) is 27.9 Å². The predicted molar refractivity (Wildman–Crippen MR) is 126 cm³/mol. The number of hydrogen-bond donors (Lipinski definition) is 1. The SMILES string of the molecule is Cc1ncc(CO)c2c1Oc1nc(-c3cccc(Cl)c3)nc(SCc3ccccc3F)c1C2. The van der Waals surface area contributed by atoms with Crippen LogP contribution in [-0.4, -0.2) is 20.1 Å². The minimum absolute atomic E-state index is 0.145. The molecule has 166 valence electrons. The summed E-state index contributed by atoms with van der Waals surface area (Å²) in [6.07, 6.45) is 2.15. The lowest BCUT2D eigenvalue weighted by Crippen LogP contribution is -2.13. The first-order chi connectivity index (χ1) is 16.0. The van der Waals surface area contributed by atoms with Crippen LogP contribution >= 0.6 is 23.4 Å². The highest BCUT2D eigenvalue weighted by molar-refractivity contribution is 7.98. The van der Waals surface area contributed by atoms with Crippen molar-refractivity contribution in [1.82, 2.24) is 15.0 Å². The molecule has 0 atom stereocenters. The summed E-state index contributed by atoms with van der Waals surface area (Å²) in [5.41, 5.74) is 4.43. The fourth-order valence-corrected chi connectivity index (χ4v) is 4.93. The van der Waals surface area contributed by atoms with Crippen molar-refractivity contribution < 1.29 is 14.2 Å². The van der Waals surface area contributed by atoms with Crippen LogP contribution in [0, 0.1) is 12.7 Å². The number of aryl methyl sites for hydroxylation is 1. The molecule has 5 rings (SSSR count). The number of fused-ring (bicyclic) bond motifs is 2. The fourth-order valence-electron chi connectivity index (χ4n) is 3.73. The predicted octanol–water partition coefficient (Wildman–Crippen LogP) is 6.12. The molecular weight excluding hydrogens is 461 g/mol. The van der Waals surface area contributed by atoms with Crippen molar-refractivity contribution in [2.45, 2.75) is 30.7 Å². The number of aromatic nitrogens is 3. The van der Waals surface area contributed by atoms with Crippen molar-refractivity contribution in [3.63, 3.8) is 0 Å². The first kappa shape index (κ1) is 21.8. The molecule has 0 aliphatic carbocycles. The lowest BCUT2D eigenvalue weighted by Gasteiger charge is -2.24. The Labute approximate surface area is 199 Å². The first-order valence-corrected chi connectivity index (χ1v) is 11.7. The smallest absolute Gasteiger partial charge is 0.227 e. The van der Waals surface area contributed by atoms with E-state index in [9.17, 15) is 9.50 Å². The molecule has 0 unspecified atom stereocenters. The van der Waals surface area contributed by atoms with Crippen molar-refractivity contribution in [3.8, 4) is 23.0 Å². The average molecular weight is 480 g/mol. The Morgan fingerprint density at radius 3 is 2.73 bits per heavy atom. The normalized spacial score (nSPS) is 12.1. The van der Waals surface area contributed by atoms with E-state index >= 15 is 0 Å². The quantitative estimate of drug-likeness (QED) is 0.242. The van der Waals surface area contributed by atoms with Crippen LogP contribution in [0.15, 0.2) is 59.8 Å². The van der Waals surface area contributed by atoms with E-state index in [2.05, 4.69) is 9.97 Å². The van der Waals surface area contributed by atoms with E-state index < -0.39 is 0 Å². The molecule has 0 amide bonds. The molecule has 0 saturated carbocycles. The standard InChI is InChI=1S/C25H19ClFN3O2S/c1-14-22-19(17(12-31)11-28-14)10-20-24(32-22)29-23(15-6-4-7-18(26)9-15)30-25(20)33-13-16-5-2-3-8-21(16)27/h2-9,11,31H,10,12-13H2,1H3. The molecular formula is C25H19ClFN3O2S. The van der Waals surface area contributed by atoms with Gasteiger partial charge in [-0.05, 0) is 30.7 Å². The molecule has 4 aromatic rings. The van der Waals surface area contributed by atoms with Crippen LogP contribution in [0.25, 0.3) is 11.4 Å². The van der Waals surface area contributed by atoms with Crippen LogP contribution in [-0.2, 0) is 18.8 Å². The Kier molecular flexibility index (Phi) is 6.01. The largest absolute Gasteiger partial charge is 0.436 e. The number of hydrogen-bond acceptors (Lipinski definition) is 6. The van der Waals surface area contributed by atoms with E-state index in [4.69, 9.17) is 21.3 Å². The maximum Gasteiger partial charge on any atom is 0.227 e. The molecule has 0 saturated heterocycles. The Morgan fingerprint density at radius 2 is 1.94 bits per heavy atom. The maximum absolute atomic E-state index is 14.2. The molecule has 0 fully saturated rings. The Hall–Kier alpha value is -3.00. The number of rotatable bonds is 5. The van der Waals surface area contributed by atoms with E-state index in [1.54, 1.807) is 30.5 Å². The van der Waals surface area contributed by atoms with Gasteiger partial charge in [-0.3, -0.25) is 4.98 Å². The average Bonchev–Trinajstić information content (AvgIpc) is 2.83. The lowest BCUT2D eigenvalue weighted by atomic mass is 9.99. The Morgan fingerprint density at radius 1 is 1.09 bits per heavy atom. The van der Waals surface area contributed by atoms with Gasteiger partial charge < -0.3 is 9.84 Å². The molecule has 1 N–H and O–H groups in total. The summed E-state index contributed by atoms with van der Waals surface area (Å²) in [6, 6.07) is 14.0. The van der Waals surface area contributed by atoms with Crippen molar-refractivity contribution in [3.05, 3.63) is 93.5 Å². The summed E-state index contributed by atoms with van der Waals surface area (Å²) in [4.78, 5) is 13.8. The molecule has 0 spiro atoms. The molecule has 0 bridgehead atoms.